The van der Waals surface area contributed by atoms with E-state index in [1.165, 1.54) is 29.2 Å². The van der Waals surface area contributed by atoms with E-state index in [2.05, 4.69) is 5.32 Å². The van der Waals surface area contributed by atoms with Gasteiger partial charge >= 0.3 is 0 Å². The van der Waals surface area contributed by atoms with E-state index >= 15 is 0 Å². The van der Waals surface area contributed by atoms with E-state index < -0.39 is 40.2 Å². The highest BCUT2D eigenvalue weighted by molar-refractivity contribution is 7.92. The second-order valence-electron chi connectivity index (χ2n) is 10.7. The molecule has 2 amide bonds. The Balaban J connectivity index is 1.83. The largest absolute Gasteiger partial charge is 0.492 e. The molecule has 0 aliphatic heterocycles. The van der Waals surface area contributed by atoms with Crippen molar-refractivity contribution >= 4 is 27.5 Å². The summed E-state index contributed by atoms with van der Waals surface area (Å²) < 4.78 is 48.9. The fraction of sp³-hybridized carbons (Fsp3) is 0.257. The third-order valence-corrected chi connectivity index (χ3v) is 8.79. The minimum atomic E-state index is -4.27. The van der Waals surface area contributed by atoms with Crippen LogP contribution >= 0.6 is 0 Å². The molecule has 1 atom stereocenters. The average molecular weight is 632 g/mol. The maximum Gasteiger partial charge on any atom is 0.264 e. The van der Waals surface area contributed by atoms with Crippen LogP contribution in [0.3, 0.4) is 0 Å². The van der Waals surface area contributed by atoms with Gasteiger partial charge in [0.1, 0.15) is 24.2 Å². The molecule has 4 rings (SSSR count). The molecule has 0 fully saturated rings. The Bertz CT molecular complexity index is 1670. The van der Waals surface area contributed by atoms with Gasteiger partial charge in [0.05, 0.1) is 17.2 Å². The third kappa shape index (κ3) is 8.69. The molecule has 8 nitrogen and oxygen atoms in total. The number of nitrogens with zero attached hydrogens (tertiary/aromatic N) is 2. The zero-order valence-electron chi connectivity index (χ0n) is 25.6. The molecule has 0 heterocycles. The van der Waals surface area contributed by atoms with Crippen molar-refractivity contribution in [2.24, 2.45) is 0 Å². The standard InChI is InChI=1S/C35H38FN3O5S/c1-4-44-33-18-12-11-17-31(33)39(45(42,43)30-15-9-6-10-16-30)25-34(40)38(24-28-19-21-29(36)22-20-28)32(35(41)37-26(2)3)23-27-13-7-5-8-14-27/h5-22,26,32H,4,23-25H2,1-3H3,(H,37,41). The molecule has 0 radical (unpaired) electrons. The second-order valence-corrected chi connectivity index (χ2v) is 12.6. The summed E-state index contributed by atoms with van der Waals surface area (Å²) in [6.45, 7) is 5.02. The van der Waals surface area contributed by atoms with Gasteiger partial charge in [-0.15, -0.1) is 0 Å². The van der Waals surface area contributed by atoms with Crippen LogP contribution in [0, 0.1) is 5.82 Å². The molecule has 1 unspecified atom stereocenters. The van der Waals surface area contributed by atoms with Gasteiger partial charge in [-0.05, 0) is 68.3 Å². The lowest BCUT2D eigenvalue weighted by Gasteiger charge is -2.34. The van der Waals surface area contributed by atoms with Gasteiger partial charge in [0.25, 0.3) is 10.0 Å². The summed E-state index contributed by atoms with van der Waals surface area (Å²) in [6.07, 6.45) is 0.174. The lowest BCUT2D eigenvalue weighted by atomic mass is 10.0. The Morgan fingerprint density at radius 1 is 0.822 bits per heavy atom. The van der Waals surface area contributed by atoms with E-state index in [4.69, 9.17) is 4.74 Å². The number of hydrogen-bond acceptors (Lipinski definition) is 5. The summed E-state index contributed by atoms with van der Waals surface area (Å²) >= 11 is 0. The summed E-state index contributed by atoms with van der Waals surface area (Å²) in [4.78, 5) is 29.6. The molecule has 236 valence electrons. The molecule has 0 saturated heterocycles. The second kappa shape index (κ2) is 15.3. The van der Waals surface area contributed by atoms with Crippen LogP contribution in [0.2, 0.25) is 0 Å². The number of rotatable bonds is 14. The number of para-hydroxylation sites is 2. The summed E-state index contributed by atoms with van der Waals surface area (Å²) in [5, 5.41) is 2.92. The number of hydrogen-bond donors (Lipinski definition) is 1. The van der Waals surface area contributed by atoms with Gasteiger partial charge in [0, 0.05) is 19.0 Å². The van der Waals surface area contributed by atoms with E-state index in [0.29, 0.717) is 5.56 Å². The average Bonchev–Trinajstić information content (AvgIpc) is 3.03. The predicted octanol–water partition coefficient (Wildman–Crippen LogP) is 5.58. The number of halogens is 1. The molecule has 45 heavy (non-hydrogen) atoms. The van der Waals surface area contributed by atoms with Crippen molar-refractivity contribution < 1.29 is 27.1 Å². The van der Waals surface area contributed by atoms with Gasteiger partial charge < -0.3 is 15.0 Å². The number of anilines is 1. The number of carbonyl (C=O) groups excluding carboxylic acids is 2. The van der Waals surface area contributed by atoms with Crippen LogP contribution in [0.25, 0.3) is 0 Å². The maximum atomic E-state index is 14.5. The smallest absolute Gasteiger partial charge is 0.264 e. The van der Waals surface area contributed by atoms with Gasteiger partial charge in [-0.2, -0.15) is 0 Å². The Hall–Kier alpha value is -4.70. The Morgan fingerprint density at radius 2 is 1.42 bits per heavy atom. The van der Waals surface area contributed by atoms with Crippen LogP contribution in [0.1, 0.15) is 31.9 Å². The first kappa shape index (κ1) is 33.2. The summed E-state index contributed by atoms with van der Waals surface area (Å²) in [6, 6.07) is 28.1. The quantitative estimate of drug-likeness (QED) is 0.196. The van der Waals surface area contributed by atoms with Crippen LogP contribution in [0.15, 0.2) is 114 Å². The normalized spacial score (nSPS) is 11.9. The van der Waals surface area contributed by atoms with Crippen LogP contribution < -0.4 is 14.4 Å². The first-order chi connectivity index (χ1) is 21.6. The highest BCUT2D eigenvalue weighted by atomic mass is 32.2. The topological polar surface area (TPSA) is 96.0 Å². The number of nitrogens with one attached hydrogen (secondary N) is 1. The molecule has 10 heteroatoms. The summed E-state index contributed by atoms with van der Waals surface area (Å²) in [7, 11) is -4.27. The third-order valence-electron chi connectivity index (χ3n) is 7.01. The van der Waals surface area contributed by atoms with Gasteiger partial charge in [0.2, 0.25) is 11.8 Å². The van der Waals surface area contributed by atoms with Gasteiger partial charge in [-0.3, -0.25) is 13.9 Å². The van der Waals surface area contributed by atoms with E-state index in [0.717, 1.165) is 9.87 Å². The highest BCUT2D eigenvalue weighted by Gasteiger charge is 2.35. The van der Waals surface area contributed by atoms with Crippen molar-refractivity contribution in [2.45, 2.75) is 50.7 Å². The maximum absolute atomic E-state index is 14.5. The Morgan fingerprint density at radius 3 is 2.04 bits per heavy atom. The van der Waals surface area contributed by atoms with Crippen LogP contribution in [0.5, 0.6) is 5.75 Å². The molecule has 1 N–H and O–H groups in total. The first-order valence-electron chi connectivity index (χ1n) is 14.8. The molecule has 0 spiro atoms. The lowest BCUT2D eigenvalue weighted by Crippen LogP contribution is -2.54. The first-order valence-corrected chi connectivity index (χ1v) is 16.2. The molecular weight excluding hydrogens is 593 g/mol. The van der Waals surface area contributed by atoms with Crippen molar-refractivity contribution in [3.8, 4) is 5.75 Å². The number of ether oxygens (including phenoxy) is 1. The van der Waals surface area contributed by atoms with E-state index in [-0.39, 0.29) is 41.9 Å². The number of sulfonamides is 1. The zero-order chi connectivity index (χ0) is 32.4. The van der Waals surface area contributed by atoms with Gasteiger partial charge in [-0.25, -0.2) is 12.8 Å². The van der Waals surface area contributed by atoms with Gasteiger partial charge in [-0.1, -0.05) is 72.8 Å². The molecule has 0 aliphatic carbocycles. The molecule has 4 aromatic rings. The number of amides is 2. The minimum Gasteiger partial charge on any atom is -0.492 e. The Labute approximate surface area is 264 Å². The van der Waals surface area contributed by atoms with Gasteiger partial charge in [0.15, 0.2) is 0 Å². The number of carbonyl (C=O) groups is 2. The van der Waals surface area contributed by atoms with E-state index in [1.54, 1.807) is 61.5 Å². The molecule has 0 aromatic heterocycles. The van der Waals surface area contributed by atoms with Crippen molar-refractivity contribution in [2.75, 3.05) is 17.5 Å². The zero-order valence-corrected chi connectivity index (χ0v) is 26.4. The molecular formula is C35H38FN3O5S. The van der Waals surface area contributed by atoms with Crippen molar-refractivity contribution in [3.63, 3.8) is 0 Å². The van der Waals surface area contributed by atoms with Crippen LogP contribution in [0.4, 0.5) is 10.1 Å². The van der Waals surface area contributed by atoms with E-state index in [1.807, 2.05) is 44.2 Å². The predicted molar refractivity (Wildman–Crippen MR) is 173 cm³/mol. The van der Waals surface area contributed by atoms with Crippen LogP contribution in [-0.4, -0.2) is 50.4 Å². The van der Waals surface area contributed by atoms with Crippen molar-refractivity contribution in [1.29, 1.82) is 0 Å². The SMILES string of the molecule is CCOc1ccccc1N(CC(=O)N(Cc1ccc(F)cc1)C(Cc1ccccc1)C(=O)NC(C)C)S(=O)(=O)c1ccccc1. The lowest BCUT2D eigenvalue weighted by molar-refractivity contribution is -0.140. The molecule has 4 aromatic carbocycles. The highest BCUT2D eigenvalue weighted by Crippen LogP contribution is 2.33. The minimum absolute atomic E-state index is 0.00688. The molecule has 0 aliphatic rings. The van der Waals surface area contributed by atoms with E-state index in [9.17, 15) is 22.4 Å². The molecule has 0 bridgehead atoms. The van der Waals surface area contributed by atoms with Crippen molar-refractivity contribution in [3.05, 3.63) is 126 Å². The van der Waals surface area contributed by atoms with Crippen LogP contribution in [-0.2, 0) is 32.6 Å². The summed E-state index contributed by atoms with van der Waals surface area (Å²) in [5.41, 5.74) is 1.57. The van der Waals surface area contributed by atoms with Crippen molar-refractivity contribution in [1.82, 2.24) is 10.2 Å². The fourth-order valence-electron chi connectivity index (χ4n) is 4.89. The monoisotopic (exact) mass is 631 g/mol. The Kier molecular flexibility index (Phi) is 11.3. The number of benzene rings is 4. The fourth-order valence-corrected chi connectivity index (χ4v) is 6.34. The molecule has 0 saturated carbocycles. The summed E-state index contributed by atoms with van der Waals surface area (Å²) in [5.74, 6) is -1.17.